The molecule has 8 heteroatoms. The van der Waals surface area contributed by atoms with Crippen LogP contribution in [0.25, 0.3) is 0 Å². The number of carbonyl (C=O) groups is 2. The molecule has 0 bridgehead atoms. The lowest BCUT2D eigenvalue weighted by Crippen LogP contribution is -2.39. The highest BCUT2D eigenvalue weighted by molar-refractivity contribution is 7.92. The molecule has 35 heavy (non-hydrogen) atoms. The molecule has 0 aromatic heterocycles. The van der Waals surface area contributed by atoms with Crippen LogP contribution in [0.4, 0.5) is 11.4 Å². The van der Waals surface area contributed by atoms with Gasteiger partial charge in [0, 0.05) is 13.1 Å². The summed E-state index contributed by atoms with van der Waals surface area (Å²) < 4.78 is 28.4. The number of hydrogen-bond acceptors (Lipinski definition) is 4. The lowest BCUT2D eigenvalue weighted by Gasteiger charge is -2.26. The highest BCUT2D eigenvalue weighted by atomic mass is 32.2. The summed E-state index contributed by atoms with van der Waals surface area (Å²) in [4.78, 5) is 28.1. The summed E-state index contributed by atoms with van der Waals surface area (Å²) in [5.74, 6) is -0.672. The number of carbonyl (C=O) groups excluding carboxylic acids is 2. The van der Waals surface area contributed by atoms with Gasteiger partial charge in [-0.3, -0.25) is 13.9 Å². The number of nitrogens with zero attached hydrogens (tertiary/aromatic N) is 2. The average Bonchev–Trinajstić information content (AvgIpc) is 3.40. The van der Waals surface area contributed by atoms with Gasteiger partial charge in [0.25, 0.3) is 15.9 Å². The Balaban J connectivity index is 1.65. The molecular weight excluding hydrogens is 462 g/mol. The first-order valence-electron chi connectivity index (χ1n) is 11.6. The number of benzene rings is 3. The second-order valence-corrected chi connectivity index (χ2v) is 10.5. The summed E-state index contributed by atoms with van der Waals surface area (Å²) in [6.45, 7) is 4.67. The van der Waals surface area contributed by atoms with Crippen LogP contribution >= 0.6 is 0 Å². The molecule has 0 spiro atoms. The van der Waals surface area contributed by atoms with E-state index in [9.17, 15) is 18.0 Å². The lowest BCUT2D eigenvalue weighted by molar-refractivity contribution is -0.114. The molecule has 0 aliphatic carbocycles. The minimum Gasteiger partial charge on any atom is -0.339 e. The SMILES string of the molecule is Cc1cccc(N(CC(=O)Nc2ccccc2C(=O)N2CCCC2)S(=O)(=O)c2ccccc2)c1C. The van der Waals surface area contributed by atoms with Gasteiger partial charge in [-0.1, -0.05) is 42.5 Å². The average molecular weight is 492 g/mol. The summed E-state index contributed by atoms with van der Waals surface area (Å²) in [5, 5.41) is 2.78. The number of likely N-dealkylation sites (tertiary alicyclic amines) is 1. The summed E-state index contributed by atoms with van der Waals surface area (Å²) >= 11 is 0. The number of hydrogen-bond donors (Lipinski definition) is 1. The van der Waals surface area contributed by atoms with E-state index in [1.165, 1.54) is 12.1 Å². The molecule has 0 radical (unpaired) electrons. The molecule has 3 aromatic rings. The Hall–Kier alpha value is -3.65. The van der Waals surface area contributed by atoms with Gasteiger partial charge >= 0.3 is 0 Å². The second kappa shape index (κ2) is 10.3. The van der Waals surface area contributed by atoms with E-state index < -0.39 is 22.5 Å². The summed E-state index contributed by atoms with van der Waals surface area (Å²) in [5.41, 5.74) is 2.88. The fourth-order valence-corrected chi connectivity index (χ4v) is 5.71. The molecular formula is C27H29N3O4S. The van der Waals surface area contributed by atoms with E-state index in [0.717, 1.165) is 28.3 Å². The predicted octanol–water partition coefficient (Wildman–Crippen LogP) is 4.37. The molecule has 1 saturated heterocycles. The van der Waals surface area contributed by atoms with Gasteiger partial charge in [0.05, 0.1) is 21.8 Å². The van der Waals surface area contributed by atoms with Crippen molar-refractivity contribution in [2.75, 3.05) is 29.3 Å². The molecule has 0 atom stereocenters. The van der Waals surface area contributed by atoms with Gasteiger partial charge in [-0.25, -0.2) is 8.42 Å². The van der Waals surface area contributed by atoms with Gasteiger partial charge in [0.2, 0.25) is 5.91 Å². The van der Waals surface area contributed by atoms with Crippen LogP contribution in [0.15, 0.2) is 77.7 Å². The fraction of sp³-hybridized carbons (Fsp3) is 0.259. The Bertz CT molecular complexity index is 1330. The predicted molar refractivity (Wildman–Crippen MR) is 137 cm³/mol. The van der Waals surface area contributed by atoms with Crippen LogP contribution in [0.2, 0.25) is 0 Å². The molecule has 7 nitrogen and oxygen atoms in total. The molecule has 0 unspecified atom stereocenters. The maximum atomic E-state index is 13.6. The van der Waals surface area contributed by atoms with Crippen molar-refractivity contribution in [3.63, 3.8) is 0 Å². The zero-order chi connectivity index (χ0) is 25.0. The quantitative estimate of drug-likeness (QED) is 0.532. The summed E-state index contributed by atoms with van der Waals surface area (Å²) in [7, 11) is -4.02. The minimum absolute atomic E-state index is 0.0957. The van der Waals surface area contributed by atoms with E-state index >= 15 is 0 Å². The van der Waals surface area contributed by atoms with Crippen molar-refractivity contribution in [1.82, 2.24) is 4.90 Å². The summed E-state index contributed by atoms with van der Waals surface area (Å²) in [6.07, 6.45) is 1.92. The highest BCUT2D eigenvalue weighted by Gasteiger charge is 2.29. The number of amides is 2. The molecule has 3 aromatic carbocycles. The maximum Gasteiger partial charge on any atom is 0.264 e. The van der Waals surface area contributed by atoms with Crippen LogP contribution in [0.3, 0.4) is 0 Å². The second-order valence-electron chi connectivity index (χ2n) is 8.64. The van der Waals surface area contributed by atoms with Crippen molar-refractivity contribution in [3.05, 3.63) is 89.5 Å². The molecule has 1 aliphatic heterocycles. The van der Waals surface area contributed by atoms with Crippen molar-refractivity contribution >= 4 is 33.2 Å². The Morgan fingerprint density at radius 2 is 1.54 bits per heavy atom. The Morgan fingerprint density at radius 1 is 0.886 bits per heavy atom. The monoisotopic (exact) mass is 491 g/mol. The van der Waals surface area contributed by atoms with Gasteiger partial charge in [0.1, 0.15) is 6.54 Å². The minimum atomic E-state index is -4.02. The number of rotatable bonds is 7. The molecule has 2 amide bonds. The highest BCUT2D eigenvalue weighted by Crippen LogP contribution is 2.29. The van der Waals surface area contributed by atoms with E-state index in [-0.39, 0.29) is 10.8 Å². The number of para-hydroxylation sites is 1. The van der Waals surface area contributed by atoms with Crippen LogP contribution in [0, 0.1) is 13.8 Å². The van der Waals surface area contributed by atoms with Gasteiger partial charge in [-0.2, -0.15) is 0 Å². The van der Waals surface area contributed by atoms with Gasteiger partial charge < -0.3 is 10.2 Å². The number of nitrogens with one attached hydrogen (secondary N) is 1. The first kappa shape index (κ1) is 24.5. The zero-order valence-electron chi connectivity index (χ0n) is 19.9. The smallest absolute Gasteiger partial charge is 0.264 e. The number of anilines is 2. The van der Waals surface area contributed by atoms with E-state index in [1.54, 1.807) is 59.5 Å². The Labute approximate surface area is 206 Å². The van der Waals surface area contributed by atoms with E-state index in [2.05, 4.69) is 5.32 Å². The summed E-state index contributed by atoms with van der Waals surface area (Å²) in [6, 6.07) is 20.2. The molecule has 182 valence electrons. The van der Waals surface area contributed by atoms with Gasteiger partial charge in [0.15, 0.2) is 0 Å². The van der Waals surface area contributed by atoms with Crippen LogP contribution in [0.1, 0.15) is 34.3 Å². The van der Waals surface area contributed by atoms with Gasteiger partial charge in [-0.15, -0.1) is 0 Å². The first-order chi connectivity index (χ1) is 16.8. The zero-order valence-corrected chi connectivity index (χ0v) is 20.7. The fourth-order valence-electron chi connectivity index (χ4n) is 4.21. The molecule has 1 N–H and O–H groups in total. The molecule has 1 aliphatic rings. The molecule has 4 rings (SSSR count). The van der Waals surface area contributed by atoms with E-state index in [4.69, 9.17) is 0 Å². The van der Waals surface area contributed by atoms with Crippen molar-refractivity contribution in [1.29, 1.82) is 0 Å². The molecule has 1 heterocycles. The van der Waals surface area contributed by atoms with Crippen LogP contribution in [-0.2, 0) is 14.8 Å². The standard InChI is InChI=1S/C27H29N3O4S/c1-20-11-10-16-25(21(20)2)30(35(33,34)22-12-4-3-5-13-22)19-26(31)28-24-15-7-6-14-23(24)27(32)29-17-8-9-18-29/h3-7,10-16H,8-9,17-19H2,1-2H3,(H,28,31). The third-order valence-electron chi connectivity index (χ3n) is 6.29. The third kappa shape index (κ3) is 5.22. The molecule has 0 saturated carbocycles. The largest absolute Gasteiger partial charge is 0.339 e. The first-order valence-corrected chi connectivity index (χ1v) is 13.0. The van der Waals surface area contributed by atoms with Crippen LogP contribution in [-0.4, -0.2) is 44.8 Å². The lowest BCUT2D eigenvalue weighted by atomic mass is 10.1. The van der Waals surface area contributed by atoms with Crippen molar-refractivity contribution < 1.29 is 18.0 Å². The third-order valence-corrected chi connectivity index (χ3v) is 8.06. The number of aryl methyl sites for hydroxylation is 1. The van der Waals surface area contributed by atoms with E-state index in [1.807, 2.05) is 19.9 Å². The Kier molecular flexibility index (Phi) is 7.21. The van der Waals surface area contributed by atoms with Crippen molar-refractivity contribution in [2.24, 2.45) is 0 Å². The maximum absolute atomic E-state index is 13.6. The molecule has 1 fully saturated rings. The van der Waals surface area contributed by atoms with Crippen molar-refractivity contribution in [3.8, 4) is 0 Å². The Morgan fingerprint density at radius 3 is 2.26 bits per heavy atom. The van der Waals surface area contributed by atoms with Gasteiger partial charge in [-0.05, 0) is 68.1 Å². The van der Waals surface area contributed by atoms with E-state index in [0.29, 0.717) is 30.0 Å². The van der Waals surface area contributed by atoms with Crippen molar-refractivity contribution in [2.45, 2.75) is 31.6 Å². The topological polar surface area (TPSA) is 86.8 Å². The van der Waals surface area contributed by atoms with Crippen LogP contribution in [0.5, 0.6) is 0 Å². The van der Waals surface area contributed by atoms with Crippen LogP contribution < -0.4 is 9.62 Å². The number of sulfonamides is 1. The normalized spacial score (nSPS) is 13.5.